The lowest BCUT2D eigenvalue weighted by Gasteiger charge is -2.15. The Morgan fingerprint density at radius 3 is 2.08 bits per heavy atom. The molecule has 7 heteroatoms. The fourth-order valence-corrected chi connectivity index (χ4v) is 0.254. The molecule has 0 bridgehead atoms. The average molecular weight is 183 g/mol. The van der Waals surface area contributed by atoms with Crippen molar-refractivity contribution < 1.29 is 35.3 Å². The fourth-order valence-electron chi connectivity index (χ4n) is 0.254. The van der Waals surface area contributed by atoms with Crippen LogP contribution in [0.1, 0.15) is 20.8 Å². The van der Waals surface area contributed by atoms with Gasteiger partial charge >= 0.3 is 0 Å². The topological polar surface area (TPSA) is 78.4 Å². The van der Waals surface area contributed by atoms with E-state index in [4.69, 9.17) is 5.26 Å². The van der Waals surface area contributed by atoms with Gasteiger partial charge in [0.15, 0.2) is 0 Å². The Kier molecular flexibility index (Phi) is 6.11. The van der Waals surface area contributed by atoms with E-state index in [0.29, 0.717) is 0 Å². The first-order valence-electron chi connectivity index (χ1n) is 3.14. The first-order chi connectivity index (χ1) is 5.56. The second-order valence-electron chi connectivity index (χ2n) is 3.16. The molecule has 12 heavy (non-hydrogen) atoms. The maximum absolute atomic E-state index is 9.10. The summed E-state index contributed by atoms with van der Waals surface area (Å²) < 4.78 is 0. The lowest BCUT2D eigenvalue weighted by molar-refractivity contribution is -0.899. The highest BCUT2D eigenvalue weighted by atomic mass is 17.9. The van der Waals surface area contributed by atoms with Gasteiger partial charge < -0.3 is 5.26 Å². The summed E-state index contributed by atoms with van der Waals surface area (Å²) in [6.45, 7) is 6.06. The van der Waals surface area contributed by atoms with Crippen LogP contribution in [0.5, 0.6) is 0 Å². The van der Waals surface area contributed by atoms with E-state index in [1.54, 1.807) is 0 Å². The van der Waals surface area contributed by atoms with Gasteiger partial charge in [-0.2, -0.15) is 0 Å². The Hall–Kier alpha value is -0.280. The Labute approximate surface area is 69.3 Å². The van der Waals surface area contributed by atoms with Crippen molar-refractivity contribution in [2.24, 2.45) is 5.41 Å². The summed E-state index contributed by atoms with van der Waals surface area (Å²) in [6.07, 6.45) is 0. The molecule has 0 aromatic heterocycles. The predicted molar refractivity (Wildman–Crippen MR) is 30.8 cm³/mol. The van der Waals surface area contributed by atoms with Crippen LogP contribution in [0.4, 0.5) is 0 Å². The van der Waals surface area contributed by atoms with Gasteiger partial charge in [0.2, 0.25) is 0 Å². The monoisotopic (exact) mass is 183 g/mol. The zero-order valence-corrected chi connectivity index (χ0v) is 7.06. The van der Waals surface area contributed by atoms with E-state index in [9.17, 15) is 0 Å². The van der Waals surface area contributed by atoms with E-state index >= 15 is 0 Å². The zero-order chi connectivity index (χ0) is 9.45. The van der Waals surface area contributed by atoms with E-state index in [1.165, 1.54) is 0 Å². The average Bonchev–Trinajstić information content (AvgIpc) is 1.94. The molecule has 0 amide bonds. The highest BCUT2D eigenvalue weighted by molar-refractivity contribution is 4.56. The number of hydrogen-bond donors (Lipinski definition) is 0. The lowest BCUT2D eigenvalue weighted by atomic mass is 9.99. The Bertz CT molecular complexity index is 98.5. The van der Waals surface area contributed by atoms with Gasteiger partial charge in [0.05, 0.1) is 6.61 Å². The van der Waals surface area contributed by atoms with Crippen LogP contribution in [0.25, 0.3) is 0 Å². The maximum Gasteiger partial charge on any atom is 0.0903 e. The van der Waals surface area contributed by atoms with Crippen molar-refractivity contribution in [3.8, 4) is 0 Å². The second kappa shape index (κ2) is 6.26. The summed E-state index contributed by atoms with van der Waals surface area (Å²) >= 11 is 0. The summed E-state index contributed by atoms with van der Waals surface area (Å²) in [4.78, 5) is 4.46. The number of rotatable bonds is 6. The van der Waals surface area contributed by atoms with Crippen LogP contribution in [0, 0.1) is 5.41 Å². The highest BCUT2D eigenvalue weighted by Gasteiger charge is 2.10. The minimum absolute atomic E-state index is 0.0702. The quantitative estimate of drug-likeness (QED) is 0.325. The largest absolute Gasteiger partial charge is 0.689 e. The minimum atomic E-state index is -0.0702. The summed E-state index contributed by atoms with van der Waals surface area (Å²) in [5.74, 6) is 0. The summed E-state index contributed by atoms with van der Waals surface area (Å²) in [5.41, 5.74) is -0.0702. The number of hydrogen-bond acceptors (Lipinski definition) is 7. The van der Waals surface area contributed by atoms with Crippen LogP contribution in [-0.4, -0.2) is 6.61 Å². The lowest BCUT2D eigenvalue weighted by Crippen LogP contribution is -2.15. The van der Waals surface area contributed by atoms with Crippen molar-refractivity contribution in [1.29, 1.82) is 0 Å². The molecular weight excluding hydrogens is 172 g/mol. The van der Waals surface area contributed by atoms with E-state index in [0.717, 1.165) is 0 Å². The van der Waals surface area contributed by atoms with E-state index in [-0.39, 0.29) is 12.0 Å². The van der Waals surface area contributed by atoms with Crippen molar-refractivity contribution in [3.63, 3.8) is 0 Å². The summed E-state index contributed by atoms with van der Waals surface area (Å²) in [5, 5.41) is 26.3. The molecule has 0 atom stereocenters. The molecule has 0 heterocycles. The van der Waals surface area contributed by atoms with Crippen LogP contribution in [0.3, 0.4) is 0 Å². The molecule has 0 spiro atoms. The first kappa shape index (κ1) is 11.7. The fraction of sp³-hybridized carbons (Fsp3) is 1.00. The molecule has 0 saturated carbocycles. The molecule has 0 aromatic carbocycles. The van der Waals surface area contributed by atoms with E-state index in [1.807, 2.05) is 20.8 Å². The molecule has 7 nitrogen and oxygen atoms in total. The molecular formula is C5H11O7-. The molecule has 0 aliphatic carbocycles. The molecule has 0 aliphatic rings. The van der Waals surface area contributed by atoms with Crippen LogP contribution in [0.15, 0.2) is 0 Å². The molecule has 0 rings (SSSR count). The molecule has 0 N–H and O–H groups in total. The SMILES string of the molecule is CC(C)(C)COOOOOO[O-]. The first-order valence-corrected chi connectivity index (χ1v) is 3.14. The van der Waals surface area contributed by atoms with Crippen LogP contribution in [-0.2, 0) is 30.1 Å². The van der Waals surface area contributed by atoms with Gasteiger partial charge in [-0.05, 0) is 25.6 Å². The molecule has 0 fully saturated rings. The molecule has 74 valence electrons. The smallest absolute Gasteiger partial charge is 0.0903 e. The van der Waals surface area contributed by atoms with Crippen LogP contribution in [0.2, 0.25) is 0 Å². The van der Waals surface area contributed by atoms with Crippen molar-refractivity contribution in [3.05, 3.63) is 0 Å². The van der Waals surface area contributed by atoms with Crippen molar-refractivity contribution in [2.45, 2.75) is 20.8 Å². The third kappa shape index (κ3) is 9.72. The van der Waals surface area contributed by atoms with Crippen molar-refractivity contribution in [2.75, 3.05) is 6.61 Å². The van der Waals surface area contributed by atoms with Gasteiger partial charge in [-0.3, -0.25) is 5.04 Å². The van der Waals surface area contributed by atoms with Gasteiger partial charge in [-0.15, -0.1) is 0 Å². The van der Waals surface area contributed by atoms with E-state index in [2.05, 4.69) is 30.1 Å². The second-order valence-corrected chi connectivity index (χ2v) is 3.16. The van der Waals surface area contributed by atoms with Gasteiger partial charge in [-0.1, -0.05) is 20.8 Å². The standard InChI is InChI=1S/C5H12O7/c1-5(2,3)4-7-9-11-12-10-8-6/h6H,4H2,1-3H3/p-1. The minimum Gasteiger partial charge on any atom is -0.689 e. The predicted octanol–water partition coefficient (Wildman–Crippen LogP) is -0.0176. The van der Waals surface area contributed by atoms with Gasteiger partial charge in [0.1, 0.15) is 0 Å². The zero-order valence-electron chi connectivity index (χ0n) is 7.06. The third-order valence-electron chi connectivity index (χ3n) is 0.651. The molecule has 0 aromatic rings. The van der Waals surface area contributed by atoms with Crippen LogP contribution < -0.4 is 5.26 Å². The molecule has 0 saturated heterocycles. The highest BCUT2D eigenvalue weighted by Crippen LogP contribution is 2.12. The van der Waals surface area contributed by atoms with Crippen LogP contribution >= 0.6 is 0 Å². The Morgan fingerprint density at radius 1 is 1.00 bits per heavy atom. The van der Waals surface area contributed by atoms with Gasteiger partial charge in [-0.25, -0.2) is 4.89 Å². The normalized spacial score (nSPS) is 12.0. The van der Waals surface area contributed by atoms with Gasteiger partial charge in [0.25, 0.3) is 0 Å². The molecule has 0 radical (unpaired) electrons. The maximum atomic E-state index is 9.10. The summed E-state index contributed by atoms with van der Waals surface area (Å²) in [7, 11) is 0. The Morgan fingerprint density at radius 2 is 1.58 bits per heavy atom. The molecule has 0 unspecified atom stereocenters. The van der Waals surface area contributed by atoms with Gasteiger partial charge in [0, 0.05) is 0 Å². The molecule has 0 aliphatic heterocycles. The van der Waals surface area contributed by atoms with E-state index < -0.39 is 0 Å². The van der Waals surface area contributed by atoms with Crippen molar-refractivity contribution >= 4 is 0 Å². The third-order valence-corrected chi connectivity index (χ3v) is 0.651. The summed E-state index contributed by atoms with van der Waals surface area (Å²) in [6, 6.07) is 0. The van der Waals surface area contributed by atoms with Crippen molar-refractivity contribution in [1.82, 2.24) is 0 Å². The Balaban J connectivity index is 3.01.